The first-order chi connectivity index (χ1) is 15.9. The van der Waals surface area contributed by atoms with Crippen LogP contribution in [-0.2, 0) is 0 Å². The molecule has 2 N–H and O–H groups in total. The number of carbonyl (C=O) groups excluding carboxylic acids is 1. The van der Waals surface area contributed by atoms with Crippen molar-refractivity contribution in [1.29, 1.82) is 0 Å². The fourth-order valence-electron chi connectivity index (χ4n) is 3.16. The molecule has 0 bridgehead atoms. The second-order valence-electron chi connectivity index (χ2n) is 7.52. The van der Waals surface area contributed by atoms with E-state index in [4.69, 9.17) is 17.0 Å². The van der Waals surface area contributed by atoms with Gasteiger partial charge >= 0.3 is 0 Å². The molecular weight excluding hydrogens is 456 g/mol. The fourth-order valence-corrected chi connectivity index (χ4v) is 4.24. The summed E-state index contributed by atoms with van der Waals surface area (Å²) in [6.07, 6.45) is 2.02. The first-order valence-corrected chi connectivity index (χ1v) is 11.8. The number of anilines is 1. The molecule has 170 valence electrons. The summed E-state index contributed by atoms with van der Waals surface area (Å²) in [6, 6.07) is 13.0. The van der Waals surface area contributed by atoms with Crippen LogP contribution in [0.1, 0.15) is 41.5 Å². The van der Waals surface area contributed by atoms with E-state index in [1.165, 1.54) is 11.3 Å². The van der Waals surface area contributed by atoms with Gasteiger partial charge in [0.05, 0.1) is 6.61 Å². The molecule has 4 rings (SSSR count). The van der Waals surface area contributed by atoms with E-state index in [1.807, 2.05) is 38.1 Å². The Labute approximate surface area is 201 Å². The molecule has 0 aliphatic heterocycles. The Bertz CT molecular complexity index is 1310. The summed E-state index contributed by atoms with van der Waals surface area (Å²) in [7, 11) is 0. The van der Waals surface area contributed by atoms with Crippen LogP contribution in [0.15, 0.2) is 42.5 Å². The summed E-state index contributed by atoms with van der Waals surface area (Å²) in [5, 5.41) is 19.6. The van der Waals surface area contributed by atoms with Crippen LogP contribution in [-0.4, -0.2) is 37.4 Å². The number of rotatable bonds is 7. The number of ether oxygens (including phenoxy) is 1. The molecule has 2 aromatic carbocycles. The second-order valence-corrected chi connectivity index (χ2v) is 8.88. The number of benzene rings is 2. The molecule has 8 nitrogen and oxygen atoms in total. The van der Waals surface area contributed by atoms with Crippen LogP contribution in [0.3, 0.4) is 0 Å². The quantitative estimate of drug-likeness (QED) is 0.291. The number of aryl methyl sites for hydroxylation is 2. The number of fused-ring (bicyclic) bond motifs is 1. The van der Waals surface area contributed by atoms with Crippen molar-refractivity contribution in [2.24, 2.45) is 0 Å². The molecule has 1 amide bonds. The van der Waals surface area contributed by atoms with Crippen molar-refractivity contribution in [3.8, 4) is 16.3 Å². The second kappa shape index (κ2) is 10.1. The lowest BCUT2D eigenvalue weighted by molar-refractivity contribution is 0.0977. The fraction of sp³-hybridized carbons (Fsp3) is 0.261. The predicted molar refractivity (Wildman–Crippen MR) is 134 cm³/mol. The van der Waals surface area contributed by atoms with Gasteiger partial charge in [0.1, 0.15) is 10.8 Å². The topological polar surface area (TPSA) is 93.4 Å². The highest BCUT2D eigenvalue weighted by molar-refractivity contribution is 7.80. The van der Waals surface area contributed by atoms with Crippen molar-refractivity contribution < 1.29 is 9.53 Å². The maximum atomic E-state index is 12.6. The zero-order valence-corrected chi connectivity index (χ0v) is 20.2. The molecule has 0 unspecified atom stereocenters. The minimum Gasteiger partial charge on any atom is -0.494 e. The van der Waals surface area contributed by atoms with Crippen LogP contribution in [0.2, 0.25) is 0 Å². The van der Waals surface area contributed by atoms with E-state index < -0.39 is 0 Å². The van der Waals surface area contributed by atoms with Crippen molar-refractivity contribution >= 4 is 45.2 Å². The minimum absolute atomic E-state index is 0.225. The first-order valence-electron chi connectivity index (χ1n) is 10.6. The molecule has 10 heteroatoms. The predicted octanol–water partition coefficient (Wildman–Crippen LogP) is 4.78. The maximum Gasteiger partial charge on any atom is 0.257 e. The van der Waals surface area contributed by atoms with Gasteiger partial charge in [-0.1, -0.05) is 30.7 Å². The monoisotopic (exact) mass is 480 g/mol. The third kappa shape index (κ3) is 5.35. The molecule has 4 aromatic rings. The molecule has 0 aliphatic rings. The van der Waals surface area contributed by atoms with Gasteiger partial charge in [-0.3, -0.25) is 10.1 Å². The number of nitrogens with zero attached hydrogens (tertiary/aromatic N) is 4. The summed E-state index contributed by atoms with van der Waals surface area (Å²) in [4.78, 5) is 13.4. The molecule has 0 saturated heterocycles. The van der Waals surface area contributed by atoms with Crippen LogP contribution in [0.25, 0.3) is 15.5 Å². The Hall–Kier alpha value is -3.37. The van der Waals surface area contributed by atoms with Gasteiger partial charge in [0.15, 0.2) is 10.9 Å². The van der Waals surface area contributed by atoms with Crippen molar-refractivity contribution in [3.05, 3.63) is 59.4 Å². The Morgan fingerprint density at radius 1 is 1.18 bits per heavy atom. The van der Waals surface area contributed by atoms with Crippen molar-refractivity contribution in [1.82, 2.24) is 25.1 Å². The van der Waals surface area contributed by atoms with E-state index in [0.717, 1.165) is 45.4 Å². The van der Waals surface area contributed by atoms with Gasteiger partial charge in [0.25, 0.3) is 5.91 Å². The van der Waals surface area contributed by atoms with Crippen LogP contribution >= 0.6 is 23.6 Å². The standard InChI is InChI=1S/C23H24N6O2S2/c1-4-5-11-31-18-8-6-7-16(13-18)20(30)25-22(32)24-19-10-9-17(12-14(19)2)21-28-29-15(3)26-27-23(29)33-21/h6-10,12-13H,4-5,11H2,1-3H3,(H2,24,25,30,32). The molecule has 2 heterocycles. The average molecular weight is 481 g/mol. The number of hydrogen-bond acceptors (Lipinski definition) is 7. The largest absolute Gasteiger partial charge is 0.494 e. The number of unbranched alkanes of at least 4 members (excludes halogenated alkanes) is 1. The Morgan fingerprint density at radius 2 is 2.03 bits per heavy atom. The average Bonchev–Trinajstić information content (AvgIpc) is 3.37. The number of amides is 1. The molecule has 0 saturated carbocycles. The van der Waals surface area contributed by atoms with Gasteiger partial charge in [-0.2, -0.15) is 9.61 Å². The molecule has 0 atom stereocenters. The van der Waals surface area contributed by atoms with E-state index in [0.29, 0.717) is 17.9 Å². The lowest BCUT2D eigenvalue weighted by atomic mass is 10.1. The Morgan fingerprint density at radius 3 is 2.79 bits per heavy atom. The van der Waals surface area contributed by atoms with Gasteiger partial charge in [-0.05, 0) is 74.4 Å². The van der Waals surface area contributed by atoms with Gasteiger partial charge in [0, 0.05) is 16.8 Å². The summed E-state index contributed by atoms with van der Waals surface area (Å²) in [5.41, 5.74) is 3.24. The number of thiocarbonyl (C=S) groups is 1. The van der Waals surface area contributed by atoms with Crippen LogP contribution in [0.4, 0.5) is 5.69 Å². The number of nitrogens with one attached hydrogen (secondary N) is 2. The van der Waals surface area contributed by atoms with Crippen LogP contribution in [0.5, 0.6) is 5.75 Å². The van der Waals surface area contributed by atoms with E-state index in [2.05, 4.69) is 32.9 Å². The SMILES string of the molecule is CCCCOc1cccc(C(=O)NC(=S)Nc2ccc(-c3nn4c(C)nnc4s3)cc2C)c1. The van der Waals surface area contributed by atoms with Crippen molar-refractivity contribution in [2.75, 3.05) is 11.9 Å². The highest BCUT2D eigenvalue weighted by Crippen LogP contribution is 2.28. The lowest BCUT2D eigenvalue weighted by Gasteiger charge is -2.13. The highest BCUT2D eigenvalue weighted by Gasteiger charge is 2.13. The summed E-state index contributed by atoms with van der Waals surface area (Å²) < 4.78 is 7.41. The van der Waals surface area contributed by atoms with E-state index in [-0.39, 0.29) is 11.0 Å². The van der Waals surface area contributed by atoms with Gasteiger partial charge in [-0.15, -0.1) is 10.2 Å². The molecule has 0 fully saturated rings. The third-order valence-corrected chi connectivity index (χ3v) is 6.11. The molecule has 33 heavy (non-hydrogen) atoms. The Balaban J connectivity index is 1.40. The molecule has 0 spiro atoms. The summed E-state index contributed by atoms with van der Waals surface area (Å²) in [6.45, 7) is 6.57. The van der Waals surface area contributed by atoms with Crippen LogP contribution in [0, 0.1) is 13.8 Å². The van der Waals surface area contributed by atoms with E-state index >= 15 is 0 Å². The Kier molecular flexibility index (Phi) is 6.95. The number of carbonyl (C=O) groups is 1. The first kappa shape index (κ1) is 22.8. The molecule has 0 radical (unpaired) electrons. The maximum absolute atomic E-state index is 12.6. The molecular formula is C23H24N6O2S2. The lowest BCUT2D eigenvalue weighted by Crippen LogP contribution is -2.34. The number of aromatic nitrogens is 4. The third-order valence-electron chi connectivity index (χ3n) is 4.96. The minimum atomic E-state index is -0.294. The van der Waals surface area contributed by atoms with Gasteiger partial charge in [0.2, 0.25) is 4.96 Å². The smallest absolute Gasteiger partial charge is 0.257 e. The molecule has 0 aliphatic carbocycles. The normalized spacial score (nSPS) is 10.9. The van der Waals surface area contributed by atoms with Crippen molar-refractivity contribution in [2.45, 2.75) is 33.6 Å². The van der Waals surface area contributed by atoms with Gasteiger partial charge in [-0.25, -0.2) is 0 Å². The van der Waals surface area contributed by atoms with Crippen LogP contribution < -0.4 is 15.4 Å². The highest BCUT2D eigenvalue weighted by atomic mass is 32.1. The summed E-state index contributed by atoms with van der Waals surface area (Å²) >= 11 is 6.84. The molecule has 2 aromatic heterocycles. The zero-order valence-electron chi connectivity index (χ0n) is 18.6. The zero-order chi connectivity index (χ0) is 23.4. The van der Waals surface area contributed by atoms with Crippen molar-refractivity contribution in [3.63, 3.8) is 0 Å². The summed E-state index contributed by atoms with van der Waals surface area (Å²) in [5.74, 6) is 1.13. The number of hydrogen-bond donors (Lipinski definition) is 2. The van der Waals surface area contributed by atoms with Gasteiger partial charge < -0.3 is 10.1 Å². The van der Waals surface area contributed by atoms with E-state index in [1.54, 1.807) is 22.7 Å². The van der Waals surface area contributed by atoms with E-state index in [9.17, 15) is 4.79 Å².